The third-order valence-corrected chi connectivity index (χ3v) is 5.81. The molecule has 0 radical (unpaired) electrons. The van der Waals surface area contributed by atoms with Crippen LogP contribution >= 0.6 is 0 Å². The van der Waals surface area contributed by atoms with Crippen LogP contribution in [-0.4, -0.2) is 0 Å². The fraction of sp³-hybridized carbons (Fsp3) is 0.182. The van der Waals surface area contributed by atoms with Crippen LogP contribution < -0.4 is 11.5 Å². The molecule has 0 amide bonds. The Labute approximate surface area is 142 Å². The standard InChI is InChI=1S/C22H20N2/c1-11-7-15-17(9-19(11)23)22-14-6-4-3-5-13(14)21(15)16-8-12(2)20(24)10-18(16)22/h3-10,21-22H,23-24H2,1-2H3. The first-order valence-corrected chi connectivity index (χ1v) is 8.45. The summed E-state index contributed by atoms with van der Waals surface area (Å²) in [5.41, 5.74) is 24.9. The van der Waals surface area contributed by atoms with E-state index >= 15 is 0 Å². The van der Waals surface area contributed by atoms with Crippen LogP contribution in [0.25, 0.3) is 0 Å². The maximum absolute atomic E-state index is 6.24. The molecule has 0 unspecified atom stereocenters. The van der Waals surface area contributed by atoms with Gasteiger partial charge in [-0.15, -0.1) is 0 Å². The molecule has 0 atom stereocenters. The van der Waals surface area contributed by atoms with Gasteiger partial charge < -0.3 is 11.5 Å². The van der Waals surface area contributed by atoms with E-state index in [9.17, 15) is 0 Å². The molecule has 3 aromatic rings. The Bertz CT molecular complexity index is 876. The normalized spacial score (nSPS) is 19.6. The highest BCUT2D eigenvalue weighted by Gasteiger charge is 2.41. The van der Waals surface area contributed by atoms with E-state index in [4.69, 9.17) is 11.5 Å². The lowest BCUT2D eigenvalue weighted by Crippen LogP contribution is -2.28. The number of nitrogen functional groups attached to an aromatic ring is 2. The first-order chi connectivity index (χ1) is 11.6. The third kappa shape index (κ3) is 1.56. The van der Waals surface area contributed by atoms with Crippen LogP contribution in [0.15, 0.2) is 48.5 Å². The topological polar surface area (TPSA) is 52.0 Å². The Balaban J connectivity index is 1.91. The molecule has 24 heavy (non-hydrogen) atoms. The number of benzene rings is 3. The van der Waals surface area contributed by atoms with Gasteiger partial charge in [-0.25, -0.2) is 0 Å². The Morgan fingerprint density at radius 1 is 0.583 bits per heavy atom. The minimum absolute atomic E-state index is 0.238. The van der Waals surface area contributed by atoms with Crippen molar-refractivity contribution >= 4 is 11.4 Å². The lowest BCUT2D eigenvalue weighted by atomic mass is 9.60. The molecular formula is C22H20N2. The Hall–Kier alpha value is -2.74. The van der Waals surface area contributed by atoms with E-state index in [0.29, 0.717) is 0 Å². The van der Waals surface area contributed by atoms with Gasteiger partial charge in [0.1, 0.15) is 0 Å². The van der Waals surface area contributed by atoms with Gasteiger partial charge in [-0.2, -0.15) is 0 Å². The van der Waals surface area contributed by atoms with Crippen LogP contribution in [0.3, 0.4) is 0 Å². The SMILES string of the molecule is Cc1cc2c(cc1N)C1c3ccccc3C2c2cc(C)c(N)cc21. The number of rotatable bonds is 0. The molecule has 4 N–H and O–H groups in total. The third-order valence-electron chi connectivity index (χ3n) is 5.81. The maximum atomic E-state index is 6.24. The highest BCUT2D eigenvalue weighted by Crippen LogP contribution is 2.56. The highest BCUT2D eigenvalue weighted by molar-refractivity contribution is 5.72. The average molecular weight is 312 g/mol. The van der Waals surface area contributed by atoms with E-state index in [1.807, 2.05) is 0 Å². The molecule has 2 heteroatoms. The number of hydrogen-bond donors (Lipinski definition) is 2. The van der Waals surface area contributed by atoms with Gasteiger partial charge in [-0.05, 0) is 70.5 Å². The van der Waals surface area contributed by atoms with Crippen LogP contribution in [0, 0.1) is 13.8 Å². The van der Waals surface area contributed by atoms with Gasteiger partial charge in [0.15, 0.2) is 0 Å². The van der Waals surface area contributed by atoms with Gasteiger partial charge in [0.05, 0.1) is 0 Å². The summed E-state index contributed by atoms with van der Waals surface area (Å²) >= 11 is 0. The summed E-state index contributed by atoms with van der Waals surface area (Å²) in [6.07, 6.45) is 0. The van der Waals surface area contributed by atoms with E-state index < -0.39 is 0 Å². The molecule has 3 aliphatic rings. The second-order valence-electron chi connectivity index (χ2n) is 7.17. The van der Waals surface area contributed by atoms with Crippen molar-refractivity contribution in [2.75, 3.05) is 11.5 Å². The zero-order valence-corrected chi connectivity index (χ0v) is 13.9. The summed E-state index contributed by atoms with van der Waals surface area (Å²) in [4.78, 5) is 0. The summed E-state index contributed by atoms with van der Waals surface area (Å²) in [6.45, 7) is 4.19. The molecule has 2 bridgehead atoms. The molecule has 0 fully saturated rings. The van der Waals surface area contributed by atoms with Crippen LogP contribution in [0.4, 0.5) is 11.4 Å². The van der Waals surface area contributed by atoms with E-state index in [1.54, 1.807) is 0 Å². The molecule has 0 aliphatic heterocycles. The van der Waals surface area contributed by atoms with Crippen molar-refractivity contribution in [1.82, 2.24) is 0 Å². The first kappa shape index (κ1) is 13.7. The number of hydrogen-bond acceptors (Lipinski definition) is 2. The highest BCUT2D eigenvalue weighted by atomic mass is 14.6. The molecule has 6 rings (SSSR count). The van der Waals surface area contributed by atoms with Crippen LogP contribution in [0.1, 0.15) is 56.3 Å². The molecule has 3 aliphatic carbocycles. The smallest absolute Gasteiger partial charge is 0.0350 e. The Morgan fingerprint density at radius 3 is 1.38 bits per heavy atom. The second kappa shape index (κ2) is 4.41. The average Bonchev–Trinajstić information content (AvgIpc) is 2.57. The molecule has 0 saturated carbocycles. The minimum Gasteiger partial charge on any atom is -0.399 e. The molecule has 0 heterocycles. The van der Waals surface area contributed by atoms with Gasteiger partial charge in [-0.1, -0.05) is 36.4 Å². The molecule has 0 saturated heterocycles. The van der Waals surface area contributed by atoms with Crippen molar-refractivity contribution in [2.45, 2.75) is 25.7 Å². The van der Waals surface area contributed by atoms with E-state index in [1.165, 1.54) is 33.4 Å². The number of anilines is 2. The van der Waals surface area contributed by atoms with Gasteiger partial charge in [0.2, 0.25) is 0 Å². The Kier molecular flexibility index (Phi) is 2.52. The largest absolute Gasteiger partial charge is 0.399 e. The fourth-order valence-corrected chi connectivity index (χ4v) is 4.57. The lowest BCUT2D eigenvalue weighted by Gasteiger charge is -2.43. The van der Waals surface area contributed by atoms with Crippen molar-refractivity contribution in [3.63, 3.8) is 0 Å². The van der Waals surface area contributed by atoms with Crippen LogP contribution in [0.2, 0.25) is 0 Å². The summed E-state index contributed by atoms with van der Waals surface area (Å²) in [7, 11) is 0. The predicted octanol–water partition coefficient (Wildman–Crippen LogP) is 4.46. The zero-order valence-electron chi connectivity index (χ0n) is 13.9. The van der Waals surface area contributed by atoms with Crippen molar-refractivity contribution in [3.8, 4) is 0 Å². The lowest BCUT2D eigenvalue weighted by molar-refractivity contribution is 0.753. The molecule has 3 aromatic carbocycles. The van der Waals surface area contributed by atoms with Gasteiger partial charge >= 0.3 is 0 Å². The molecule has 118 valence electrons. The van der Waals surface area contributed by atoms with Crippen molar-refractivity contribution in [2.24, 2.45) is 0 Å². The molecule has 0 spiro atoms. The van der Waals surface area contributed by atoms with Gasteiger partial charge in [0, 0.05) is 23.2 Å². The predicted molar refractivity (Wildman–Crippen MR) is 99.5 cm³/mol. The maximum Gasteiger partial charge on any atom is 0.0350 e. The Morgan fingerprint density at radius 2 is 0.958 bits per heavy atom. The minimum atomic E-state index is 0.238. The van der Waals surface area contributed by atoms with Crippen LogP contribution in [0.5, 0.6) is 0 Å². The van der Waals surface area contributed by atoms with E-state index in [2.05, 4.69) is 62.4 Å². The summed E-state index contributed by atoms with van der Waals surface area (Å²) in [5.74, 6) is 0.525. The van der Waals surface area contributed by atoms with Crippen molar-refractivity contribution in [1.29, 1.82) is 0 Å². The first-order valence-electron chi connectivity index (χ1n) is 8.45. The quantitative estimate of drug-likeness (QED) is 0.415. The van der Waals surface area contributed by atoms with Gasteiger partial charge in [0.25, 0.3) is 0 Å². The van der Waals surface area contributed by atoms with Crippen molar-refractivity contribution in [3.05, 3.63) is 93.0 Å². The number of nitrogens with two attached hydrogens (primary N) is 2. The van der Waals surface area contributed by atoms with Crippen LogP contribution in [-0.2, 0) is 0 Å². The van der Waals surface area contributed by atoms with Gasteiger partial charge in [-0.3, -0.25) is 0 Å². The summed E-state index contributed by atoms with van der Waals surface area (Å²) < 4.78 is 0. The van der Waals surface area contributed by atoms with E-state index in [-0.39, 0.29) is 11.8 Å². The zero-order chi connectivity index (χ0) is 16.6. The fourth-order valence-electron chi connectivity index (χ4n) is 4.57. The second-order valence-corrected chi connectivity index (χ2v) is 7.17. The van der Waals surface area contributed by atoms with Crippen molar-refractivity contribution < 1.29 is 0 Å². The van der Waals surface area contributed by atoms with E-state index in [0.717, 1.165) is 22.5 Å². The molecule has 2 nitrogen and oxygen atoms in total. The summed E-state index contributed by atoms with van der Waals surface area (Å²) in [5, 5.41) is 0. The number of aryl methyl sites for hydroxylation is 2. The molecular weight excluding hydrogens is 292 g/mol. The molecule has 0 aromatic heterocycles. The monoisotopic (exact) mass is 312 g/mol. The summed E-state index contributed by atoms with van der Waals surface area (Å²) in [6, 6.07) is 17.7.